The molecule has 5 heteroatoms. The van der Waals surface area contributed by atoms with Crippen molar-refractivity contribution in [3.05, 3.63) is 11.9 Å². The van der Waals surface area contributed by atoms with Gasteiger partial charge in [-0.3, -0.25) is 0 Å². The minimum Gasteiger partial charge on any atom is -0.373 e. The molecule has 2 rings (SSSR count). The van der Waals surface area contributed by atoms with E-state index < -0.39 is 0 Å². The number of hydrogen-bond donors (Lipinski definition) is 2. The Hall–Kier alpha value is -1.36. The second kappa shape index (κ2) is 5.33. The summed E-state index contributed by atoms with van der Waals surface area (Å²) >= 11 is 0. The number of likely N-dealkylation sites (tertiary alicyclic amines) is 1. The highest BCUT2D eigenvalue weighted by Gasteiger charge is 2.22. The van der Waals surface area contributed by atoms with Crippen molar-refractivity contribution >= 4 is 11.6 Å². The quantitative estimate of drug-likeness (QED) is 0.873. The van der Waals surface area contributed by atoms with Crippen LogP contribution in [0.3, 0.4) is 0 Å². The molecule has 2 heterocycles. The topological polar surface area (TPSA) is 53.1 Å². The molecule has 5 nitrogen and oxygen atoms in total. The molecule has 0 aromatic carbocycles. The summed E-state index contributed by atoms with van der Waals surface area (Å²) in [6.07, 6.45) is 1.17. The Labute approximate surface area is 115 Å². The molecule has 1 aromatic heterocycles. The van der Waals surface area contributed by atoms with Crippen LogP contribution in [0, 0.1) is 0 Å². The van der Waals surface area contributed by atoms with E-state index in [0.717, 1.165) is 30.5 Å². The van der Waals surface area contributed by atoms with Crippen LogP contribution in [-0.4, -0.2) is 48.1 Å². The minimum atomic E-state index is -0.0459. The largest absolute Gasteiger partial charge is 0.373 e. The fraction of sp³-hybridized carbons (Fsp3) is 0.714. The second-order valence-electron chi connectivity index (χ2n) is 6.35. The van der Waals surface area contributed by atoms with Gasteiger partial charge in [-0.05, 0) is 20.0 Å². The third-order valence-electron chi connectivity index (χ3n) is 3.40. The summed E-state index contributed by atoms with van der Waals surface area (Å²) in [4.78, 5) is 11.5. The number of anilines is 2. The standard InChI is InChI=1S/C14H25N5/c1-14(2,3)13-17-11(15-4)8-12(18-13)16-10-6-7-19(5)9-10/h8,10H,6-7,9H2,1-5H3,(H2,15,16,17,18). The van der Waals surface area contributed by atoms with Gasteiger partial charge in [0.25, 0.3) is 0 Å². The molecule has 0 radical (unpaired) electrons. The van der Waals surface area contributed by atoms with Gasteiger partial charge in [0, 0.05) is 31.1 Å². The number of likely N-dealkylation sites (N-methyl/N-ethyl adjacent to an activating group) is 1. The molecule has 0 spiro atoms. The highest BCUT2D eigenvalue weighted by molar-refractivity contribution is 5.48. The molecule has 1 aromatic rings. The summed E-state index contributed by atoms with van der Waals surface area (Å²) in [6, 6.07) is 2.46. The predicted octanol–water partition coefficient (Wildman–Crippen LogP) is 1.93. The summed E-state index contributed by atoms with van der Waals surface area (Å²) in [6.45, 7) is 8.62. The first-order valence-corrected chi connectivity index (χ1v) is 6.91. The first-order chi connectivity index (χ1) is 8.88. The number of rotatable bonds is 3. The van der Waals surface area contributed by atoms with Crippen LogP contribution < -0.4 is 10.6 Å². The Morgan fingerprint density at radius 2 is 1.95 bits per heavy atom. The van der Waals surface area contributed by atoms with Gasteiger partial charge >= 0.3 is 0 Å². The zero-order valence-electron chi connectivity index (χ0n) is 12.6. The van der Waals surface area contributed by atoms with Gasteiger partial charge in [0.1, 0.15) is 17.5 Å². The molecule has 0 aliphatic carbocycles. The molecule has 1 atom stereocenters. The molecule has 0 amide bonds. The molecular weight excluding hydrogens is 238 g/mol. The third-order valence-corrected chi connectivity index (χ3v) is 3.40. The van der Waals surface area contributed by atoms with Crippen molar-refractivity contribution in [3.8, 4) is 0 Å². The number of hydrogen-bond acceptors (Lipinski definition) is 5. The SMILES string of the molecule is CNc1cc(NC2CCN(C)C2)nc(C(C)(C)C)n1. The monoisotopic (exact) mass is 263 g/mol. The van der Waals surface area contributed by atoms with Crippen LogP contribution in [0.5, 0.6) is 0 Å². The van der Waals surface area contributed by atoms with Gasteiger partial charge in [-0.15, -0.1) is 0 Å². The average molecular weight is 263 g/mol. The molecular formula is C14H25N5. The zero-order valence-corrected chi connectivity index (χ0v) is 12.6. The summed E-state index contributed by atoms with van der Waals surface area (Å²) in [7, 11) is 4.04. The maximum atomic E-state index is 4.66. The lowest BCUT2D eigenvalue weighted by molar-refractivity contribution is 0.414. The summed E-state index contributed by atoms with van der Waals surface area (Å²) in [5, 5.41) is 6.64. The van der Waals surface area contributed by atoms with Gasteiger partial charge in [-0.2, -0.15) is 0 Å². The Morgan fingerprint density at radius 1 is 1.26 bits per heavy atom. The van der Waals surface area contributed by atoms with Gasteiger partial charge in [0.15, 0.2) is 0 Å². The van der Waals surface area contributed by atoms with Crippen molar-refractivity contribution in [2.75, 3.05) is 37.8 Å². The van der Waals surface area contributed by atoms with E-state index in [2.05, 4.69) is 53.3 Å². The van der Waals surface area contributed by atoms with Crippen molar-refractivity contribution in [3.63, 3.8) is 0 Å². The van der Waals surface area contributed by atoms with E-state index in [4.69, 9.17) is 0 Å². The molecule has 1 aliphatic rings. The van der Waals surface area contributed by atoms with Crippen LogP contribution in [-0.2, 0) is 5.41 Å². The zero-order chi connectivity index (χ0) is 14.0. The number of nitrogens with one attached hydrogen (secondary N) is 2. The van der Waals surface area contributed by atoms with Gasteiger partial charge in [-0.1, -0.05) is 20.8 Å². The van der Waals surface area contributed by atoms with Gasteiger partial charge in [0.2, 0.25) is 0 Å². The highest BCUT2D eigenvalue weighted by Crippen LogP contribution is 2.23. The molecule has 1 unspecified atom stereocenters. The van der Waals surface area contributed by atoms with E-state index >= 15 is 0 Å². The Balaban J connectivity index is 2.20. The molecule has 106 valence electrons. The molecule has 19 heavy (non-hydrogen) atoms. The molecule has 1 saturated heterocycles. The van der Waals surface area contributed by atoms with Crippen molar-refractivity contribution in [1.29, 1.82) is 0 Å². The molecule has 0 bridgehead atoms. The molecule has 0 saturated carbocycles. The first kappa shape index (κ1) is 14.1. The van der Waals surface area contributed by atoms with Crippen LogP contribution in [0.2, 0.25) is 0 Å². The molecule has 2 N–H and O–H groups in total. The fourth-order valence-corrected chi connectivity index (χ4v) is 2.25. The number of nitrogens with zero attached hydrogens (tertiary/aromatic N) is 3. The maximum Gasteiger partial charge on any atom is 0.138 e. The van der Waals surface area contributed by atoms with Crippen LogP contribution in [0.1, 0.15) is 33.0 Å². The van der Waals surface area contributed by atoms with E-state index in [1.165, 1.54) is 6.42 Å². The van der Waals surface area contributed by atoms with Crippen LogP contribution in [0.4, 0.5) is 11.6 Å². The molecule has 1 aliphatic heterocycles. The van der Waals surface area contributed by atoms with E-state index in [0.29, 0.717) is 6.04 Å². The third kappa shape index (κ3) is 3.56. The molecule has 1 fully saturated rings. The highest BCUT2D eigenvalue weighted by atomic mass is 15.2. The van der Waals surface area contributed by atoms with Crippen LogP contribution >= 0.6 is 0 Å². The predicted molar refractivity (Wildman–Crippen MR) is 79.8 cm³/mol. The normalized spacial score (nSPS) is 20.6. The van der Waals surface area contributed by atoms with E-state index in [1.807, 2.05) is 13.1 Å². The average Bonchev–Trinajstić information content (AvgIpc) is 2.73. The Kier molecular flexibility index (Phi) is 3.94. The van der Waals surface area contributed by atoms with Crippen molar-refractivity contribution in [2.45, 2.75) is 38.6 Å². The van der Waals surface area contributed by atoms with E-state index in [9.17, 15) is 0 Å². The van der Waals surface area contributed by atoms with Crippen molar-refractivity contribution < 1.29 is 0 Å². The fourth-order valence-electron chi connectivity index (χ4n) is 2.25. The summed E-state index contributed by atoms with van der Waals surface area (Å²) in [5.41, 5.74) is -0.0459. The Bertz CT molecular complexity index is 438. The van der Waals surface area contributed by atoms with Crippen molar-refractivity contribution in [2.24, 2.45) is 0 Å². The van der Waals surface area contributed by atoms with Crippen LogP contribution in [0.15, 0.2) is 6.07 Å². The lowest BCUT2D eigenvalue weighted by Crippen LogP contribution is -2.25. The van der Waals surface area contributed by atoms with Crippen molar-refractivity contribution in [1.82, 2.24) is 14.9 Å². The summed E-state index contributed by atoms with van der Waals surface area (Å²) in [5.74, 6) is 2.66. The van der Waals surface area contributed by atoms with Crippen LogP contribution in [0.25, 0.3) is 0 Å². The lowest BCUT2D eigenvalue weighted by atomic mass is 9.96. The van der Waals surface area contributed by atoms with Gasteiger partial charge in [-0.25, -0.2) is 9.97 Å². The Morgan fingerprint density at radius 3 is 2.47 bits per heavy atom. The first-order valence-electron chi connectivity index (χ1n) is 6.91. The summed E-state index contributed by atoms with van der Waals surface area (Å²) < 4.78 is 0. The second-order valence-corrected chi connectivity index (χ2v) is 6.35. The van der Waals surface area contributed by atoms with Gasteiger partial charge in [0.05, 0.1) is 0 Å². The van der Waals surface area contributed by atoms with E-state index in [1.54, 1.807) is 0 Å². The lowest BCUT2D eigenvalue weighted by Gasteiger charge is -2.20. The maximum absolute atomic E-state index is 4.66. The van der Waals surface area contributed by atoms with E-state index in [-0.39, 0.29) is 5.41 Å². The van der Waals surface area contributed by atoms with Gasteiger partial charge < -0.3 is 15.5 Å². The smallest absolute Gasteiger partial charge is 0.138 e. The minimum absolute atomic E-state index is 0.0459. The number of aromatic nitrogens is 2.